The van der Waals surface area contributed by atoms with Gasteiger partial charge < -0.3 is 4.90 Å². The zero-order valence-electron chi connectivity index (χ0n) is 32.4. The Morgan fingerprint density at radius 2 is 0.678 bits per heavy atom. The van der Waals surface area contributed by atoms with Crippen LogP contribution in [0.4, 0.5) is 17.1 Å². The number of carbonyl (C=O) groups excluding carboxylic acids is 1. The van der Waals surface area contributed by atoms with Gasteiger partial charge in [0, 0.05) is 16.8 Å². The van der Waals surface area contributed by atoms with Gasteiger partial charge in [-0.1, -0.05) is 206 Å². The molecule has 0 fully saturated rings. The average molecular weight is 754 g/mol. The summed E-state index contributed by atoms with van der Waals surface area (Å²) in [7, 11) is 0. The molecule has 0 saturated heterocycles. The summed E-state index contributed by atoms with van der Waals surface area (Å²) < 4.78 is 0. The summed E-state index contributed by atoms with van der Waals surface area (Å²) in [6.45, 7) is 0. The van der Waals surface area contributed by atoms with Crippen LogP contribution in [0.25, 0.3) is 11.1 Å². The van der Waals surface area contributed by atoms with E-state index in [1.807, 2.05) is 12.1 Å². The molecule has 11 rings (SSSR count). The second-order valence-electron chi connectivity index (χ2n) is 15.5. The fourth-order valence-electron chi connectivity index (χ4n) is 10.2. The number of benzene rings is 9. The van der Waals surface area contributed by atoms with E-state index in [-0.39, 0.29) is 5.78 Å². The zero-order valence-corrected chi connectivity index (χ0v) is 32.4. The number of carbonyl (C=O) groups is 1. The maximum Gasteiger partial charge on any atom is 0.193 e. The van der Waals surface area contributed by atoms with E-state index in [4.69, 9.17) is 0 Å². The summed E-state index contributed by atoms with van der Waals surface area (Å²) >= 11 is 0. The van der Waals surface area contributed by atoms with Gasteiger partial charge in [-0.3, -0.25) is 4.79 Å². The normalized spacial score (nSPS) is 14.4. The Morgan fingerprint density at radius 1 is 0.305 bits per heavy atom. The predicted molar refractivity (Wildman–Crippen MR) is 240 cm³/mol. The second-order valence-corrected chi connectivity index (χ2v) is 15.5. The van der Waals surface area contributed by atoms with Crippen LogP contribution in [0.2, 0.25) is 0 Å². The Bertz CT molecular complexity index is 2860. The van der Waals surface area contributed by atoms with Crippen molar-refractivity contribution in [2.24, 2.45) is 0 Å². The molecule has 278 valence electrons. The van der Waals surface area contributed by atoms with Crippen molar-refractivity contribution >= 4 is 22.8 Å². The number of para-hydroxylation sites is 2. The first kappa shape index (κ1) is 34.7. The predicted octanol–water partition coefficient (Wildman–Crippen LogP) is 13.4. The molecule has 2 nitrogen and oxygen atoms in total. The highest BCUT2D eigenvalue weighted by molar-refractivity contribution is 6.14. The molecule has 1 aliphatic heterocycles. The van der Waals surface area contributed by atoms with Gasteiger partial charge in [0.15, 0.2) is 5.78 Å². The quantitative estimate of drug-likeness (QED) is 0.169. The first-order chi connectivity index (χ1) is 29.2. The van der Waals surface area contributed by atoms with Gasteiger partial charge in [-0.05, 0) is 86.0 Å². The van der Waals surface area contributed by atoms with E-state index in [1.165, 1.54) is 22.3 Å². The minimum Gasteiger partial charge on any atom is -0.310 e. The average Bonchev–Trinajstić information content (AvgIpc) is 3.32. The van der Waals surface area contributed by atoms with Crippen LogP contribution in [0.3, 0.4) is 0 Å². The van der Waals surface area contributed by atoms with E-state index < -0.39 is 10.8 Å². The zero-order chi connectivity index (χ0) is 39.4. The molecule has 0 aromatic heterocycles. The lowest BCUT2D eigenvalue weighted by Crippen LogP contribution is -2.38. The van der Waals surface area contributed by atoms with Gasteiger partial charge in [0.05, 0.1) is 22.2 Å². The Hall–Kier alpha value is -7.55. The molecule has 0 unspecified atom stereocenters. The van der Waals surface area contributed by atoms with Gasteiger partial charge in [0.2, 0.25) is 0 Å². The summed E-state index contributed by atoms with van der Waals surface area (Å²) in [5.41, 5.74) is 14.9. The first-order valence-electron chi connectivity index (χ1n) is 20.3. The number of nitrogens with zero attached hydrogens (tertiary/aromatic N) is 1. The third-order valence-corrected chi connectivity index (χ3v) is 12.6. The lowest BCUT2D eigenvalue weighted by molar-refractivity contribution is 0.103. The second kappa shape index (κ2) is 13.8. The standard InChI is InChI=1S/C57H39NO/c59-55-47-27-13-14-28-49(47)56(42-19-5-1-6-20-42,43-21-7-2-8-22-43)50-38-35-41(39-48(50)55)40-33-36-46(37-34-40)58-53-31-17-15-29-51(53)57(44-23-9-3-10-24-44,45-25-11-4-12-26-45)52-30-16-18-32-54(52)58/h1-39H. The molecular formula is C57H39NO. The van der Waals surface area contributed by atoms with Crippen LogP contribution in [0.15, 0.2) is 237 Å². The largest absolute Gasteiger partial charge is 0.310 e. The Kier molecular flexibility index (Phi) is 8.13. The summed E-state index contributed by atoms with van der Waals surface area (Å²) in [5.74, 6) is 0.0541. The number of rotatable bonds is 6. The number of hydrogen-bond donors (Lipinski definition) is 0. The van der Waals surface area contributed by atoms with Crippen molar-refractivity contribution < 1.29 is 4.79 Å². The van der Waals surface area contributed by atoms with Crippen LogP contribution in [0, 0.1) is 0 Å². The molecule has 0 bridgehead atoms. The van der Waals surface area contributed by atoms with Gasteiger partial charge >= 0.3 is 0 Å². The van der Waals surface area contributed by atoms with Crippen molar-refractivity contribution in [3.05, 3.63) is 292 Å². The maximum absolute atomic E-state index is 14.6. The van der Waals surface area contributed by atoms with E-state index in [1.54, 1.807) is 0 Å². The van der Waals surface area contributed by atoms with Gasteiger partial charge in [-0.2, -0.15) is 0 Å². The lowest BCUT2D eigenvalue weighted by atomic mass is 9.59. The fourth-order valence-corrected chi connectivity index (χ4v) is 10.2. The van der Waals surface area contributed by atoms with Crippen LogP contribution in [0.1, 0.15) is 60.4 Å². The minimum atomic E-state index is -0.658. The summed E-state index contributed by atoms with van der Waals surface area (Å²) in [4.78, 5) is 17.0. The molecule has 0 radical (unpaired) electrons. The van der Waals surface area contributed by atoms with E-state index in [2.05, 4.69) is 229 Å². The van der Waals surface area contributed by atoms with Gasteiger partial charge in [-0.25, -0.2) is 0 Å². The molecule has 0 atom stereocenters. The molecule has 0 spiro atoms. The smallest absolute Gasteiger partial charge is 0.193 e. The molecule has 2 aliphatic rings. The SMILES string of the molecule is O=C1c2ccccc2C(c2ccccc2)(c2ccccc2)c2ccc(-c3ccc(N4c5ccccc5C(c5ccccc5)(c5ccccc5)c5ccccc54)cc3)cc21. The number of anilines is 3. The van der Waals surface area contributed by atoms with Crippen molar-refractivity contribution in [1.29, 1.82) is 0 Å². The molecule has 0 saturated carbocycles. The summed E-state index contributed by atoms with van der Waals surface area (Å²) in [6.07, 6.45) is 0. The van der Waals surface area contributed by atoms with Crippen LogP contribution < -0.4 is 4.90 Å². The van der Waals surface area contributed by atoms with Crippen molar-refractivity contribution in [2.45, 2.75) is 10.8 Å². The van der Waals surface area contributed by atoms with E-state index in [9.17, 15) is 4.79 Å². The van der Waals surface area contributed by atoms with E-state index in [0.29, 0.717) is 0 Å². The molecule has 1 aliphatic carbocycles. The number of hydrogen-bond acceptors (Lipinski definition) is 2. The van der Waals surface area contributed by atoms with Crippen molar-refractivity contribution in [2.75, 3.05) is 4.90 Å². The molecular weight excluding hydrogens is 715 g/mol. The van der Waals surface area contributed by atoms with E-state index in [0.717, 1.165) is 61.6 Å². The molecule has 0 N–H and O–H groups in total. The molecule has 9 aromatic carbocycles. The monoisotopic (exact) mass is 753 g/mol. The van der Waals surface area contributed by atoms with Crippen molar-refractivity contribution in [3.63, 3.8) is 0 Å². The maximum atomic E-state index is 14.6. The molecule has 9 aromatic rings. The highest BCUT2D eigenvalue weighted by Gasteiger charge is 2.47. The van der Waals surface area contributed by atoms with Gasteiger partial charge in [0.1, 0.15) is 0 Å². The molecule has 59 heavy (non-hydrogen) atoms. The van der Waals surface area contributed by atoms with Gasteiger partial charge in [-0.15, -0.1) is 0 Å². The highest BCUT2D eigenvalue weighted by atomic mass is 16.1. The topological polar surface area (TPSA) is 20.3 Å². The minimum absolute atomic E-state index is 0.0541. The van der Waals surface area contributed by atoms with Gasteiger partial charge in [0.25, 0.3) is 0 Å². The number of ketones is 1. The summed E-state index contributed by atoms with van der Waals surface area (Å²) in [6, 6.07) is 84.2. The molecule has 0 amide bonds. The third-order valence-electron chi connectivity index (χ3n) is 12.6. The van der Waals surface area contributed by atoms with Crippen molar-refractivity contribution in [3.8, 4) is 11.1 Å². The molecule has 1 heterocycles. The third kappa shape index (κ3) is 5.10. The van der Waals surface area contributed by atoms with Crippen LogP contribution in [0.5, 0.6) is 0 Å². The lowest BCUT2D eigenvalue weighted by Gasteiger charge is -2.46. The fraction of sp³-hybridized carbons (Fsp3) is 0.0351. The Morgan fingerprint density at radius 3 is 1.17 bits per heavy atom. The Balaban J connectivity index is 1.06. The first-order valence-corrected chi connectivity index (χ1v) is 20.3. The van der Waals surface area contributed by atoms with Crippen LogP contribution >= 0.6 is 0 Å². The highest BCUT2D eigenvalue weighted by Crippen LogP contribution is 2.58. The van der Waals surface area contributed by atoms with Crippen molar-refractivity contribution in [1.82, 2.24) is 0 Å². The Labute approximate surface area is 345 Å². The van der Waals surface area contributed by atoms with Crippen LogP contribution in [-0.2, 0) is 10.8 Å². The number of fused-ring (bicyclic) bond motifs is 4. The molecule has 2 heteroatoms. The summed E-state index contributed by atoms with van der Waals surface area (Å²) in [5, 5.41) is 0. The van der Waals surface area contributed by atoms with E-state index >= 15 is 0 Å². The van der Waals surface area contributed by atoms with Crippen LogP contribution in [-0.4, -0.2) is 5.78 Å².